The minimum absolute atomic E-state index is 0.654. The maximum atomic E-state index is 5.72. The fraction of sp³-hybridized carbons (Fsp3) is 0.375. The maximum Gasteiger partial charge on any atom is 0.223 e. The van der Waals surface area contributed by atoms with Crippen molar-refractivity contribution < 1.29 is 9.47 Å². The predicted octanol–water partition coefficient (Wildman–Crippen LogP) is 3.13. The van der Waals surface area contributed by atoms with Crippen LogP contribution in [0, 0.1) is 0 Å². The summed E-state index contributed by atoms with van der Waals surface area (Å²) >= 11 is 0. The summed E-state index contributed by atoms with van der Waals surface area (Å²) in [6.45, 7) is 4.36. The van der Waals surface area contributed by atoms with E-state index in [4.69, 9.17) is 9.47 Å². The Morgan fingerprint density at radius 1 is 1.14 bits per heavy atom. The van der Waals surface area contributed by atoms with Gasteiger partial charge < -0.3 is 14.8 Å². The second-order valence-electron chi connectivity index (χ2n) is 4.90. The van der Waals surface area contributed by atoms with Crippen LogP contribution < -0.4 is 14.8 Å². The van der Waals surface area contributed by atoms with Gasteiger partial charge >= 0.3 is 0 Å². The summed E-state index contributed by atoms with van der Waals surface area (Å²) in [5.74, 6) is 2.24. The molecule has 1 aromatic heterocycles. The minimum Gasteiger partial charge on any atom is -0.490 e. The average Bonchev–Trinajstić information content (AvgIpc) is 2.77. The van der Waals surface area contributed by atoms with Gasteiger partial charge in [-0.1, -0.05) is 6.92 Å². The molecule has 0 aliphatic carbocycles. The van der Waals surface area contributed by atoms with Crippen LogP contribution in [0.15, 0.2) is 30.5 Å². The fourth-order valence-electron chi connectivity index (χ4n) is 2.16. The molecule has 2 heterocycles. The van der Waals surface area contributed by atoms with Crippen molar-refractivity contribution in [3.05, 3.63) is 30.5 Å². The molecule has 2 aromatic rings. The van der Waals surface area contributed by atoms with Crippen LogP contribution in [-0.2, 0) is 0 Å². The number of rotatable bonds is 4. The number of fused-ring (bicyclic) bond motifs is 1. The van der Waals surface area contributed by atoms with Crippen LogP contribution in [0.2, 0.25) is 0 Å². The number of nitrogens with zero attached hydrogens (tertiary/aromatic N) is 2. The first-order chi connectivity index (χ1) is 10.4. The highest BCUT2D eigenvalue weighted by molar-refractivity contribution is 5.64. The van der Waals surface area contributed by atoms with E-state index in [1.165, 1.54) is 0 Å². The third-order valence-corrected chi connectivity index (χ3v) is 3.23. The number of benzene rings is 1. The van der Waals surface area contributed by atoms with E-state index in [2.05, 4.69) is 22.2 Å². The zero-order chi connectivity index (χ0) is 14.5. The van der Waals surface area contributed by atoms with Gasteiger partial charge in [-0.05, 0) is 30.7 Å². The molecule has 1 aliphatic rings. The van der Waals surface area contributed by atoms with Gasteiger partial charge in [-0.25, -0.2) is 9.97 Å². The lowest BCUT2D eigenvalue weighted by Crippen LogP contribution is -2.04. The van der Waals surface area contributed by atoms with Crippen LogP contribution in [0.1, 0.15) is 19.8 Å². The number of anilines is 1. The highest BCUT2D eigenvalue weighted by atomic mass is 16.5. The lowest BCUT2D eigenvalue weighted by atomic mass is 10.1. The van der Waals surface area contributed by atoms with Crippen molar-refractivity contribution in [2.24, 2.45) is 0 Å². The Balaban J connectivity index is 1.88. The highest BCUT2D eigenvalue weighted by Crippen LogP contribution is 2.33. The molecule has 0 atom stereocenters. The van der Waals surface area contributed by atoms with E-state index in [1.807, 2.05) is 24.3 Å². The zero-order valence-electron chi connectivity index (χ0n) is 12.1. The second kappa shape index (κ2) is 6.43. The molecule has 0 fully saturated rings. The van der Waals surface area contributed by atoms with Gasteiger partial charge in [-0.15, -0.1) is 0 Å². The normalized spacial score (nSPS) is 13.6. The molecular formula is C16H19N3O2. The van der Waals surface area contributed by atoms with Crippen molar-refractivity contribution in [2.45, 2.75) is 19.8 Å². The Labute approximate surface area is 124 Å². The highest BCUT2D eigenvalue weighted by Gasteiger charge is 2.12. The summed E-state index contributed by atoms with van der Waals surface area (Å²) in [5, 5.41) is 3.20. The molecule has 5 nitrogen and oxygen atoms in total. The molecule has 1 aromatic carbocycles. The summed E-state index contributed by atoms with van der Waals surface area (Å²) in [5.41, 5.74) is 1.88. The topological polar surface area (TPSA) is 56.3 Å². The third-order valence-electron chi connectivity index (χ3n) is 3.23. The molecule has 0 saturated heterocycles. The number of nitrogens with one attached hydrogen (secondary N) is 1. The van der Waals surface area contributed by atoms with Crippen molar-refractivity contribution in [3.63, 3.8) is 0 Å². The van der Waals surface area contributed by atoms with Crippen LogP contribution in [-0.4, -0.2) is 29.7 Å². The quantitative estimate of drug-likeness (QED) is 0.935. The standard InChI is InChI=1S/C16H19N3O2/c1-2-7-17-16-18-8-6-13(19-16)12-4-5-14-15(11-12)21-10-3-9-20-14/h4-6,8,11H,2-3,7,9-10H2,1H3,(H,17,18,19). The van der Waals surface area contributed by atoms with Crippen molar-refractivity contribution in [1.82, 2.24) is 9.97 Å². The van der Waals surface area contributed by atoms with E-state index in [0.29, 0.717) is 19.2 Å². The van der Waals surface area contributed by atoms with Crippen molar-refractivity contribution >= 4 is 5.95 Å². The molecule has 1 N–H and O–H groups in total. The molecule has 0 amide bonds. The Kier molecular flexibility index (Phi) is 4.19. The van der Waals surface area contributed by atoms with Gasteiger partial charge in [0.05, 0.1) is 18.9 Å². The summed E-state index contributed by atoms with van der Waals surface area (Å²) in [4.78, 5) is 8.76. The van der Waals surface area contributed by atoms with Crippen LogP contribution in [0.25, 0.3) is 11.3 Å². The second-order valence-corrected chi connectivity index (χ2v) is 4.90. The smallest absolute Gasteiger partial charge is 0.223 e. The maximum absolute atomic E-state index is 5.72. The van der Waals surface area contributed by atoms with E-state index in [1.54, 1.807) is 6.20 Å². The number of hydrogen-bond acceptors (Lipinski definition) is 5. The molecule has 0 radical (unpaired) electrons. The van der Waals surface area contributed by atoms with Crippen LogP contribution >= 0.6 is 0 Å². The van der Waals surface area contributed by atoms with Crippen LogP contribution in [0.5, 0.6) is 11.5 Å². The lowest BCUT2D eigenvalue weighted by Gasteiger charge is -2.10. The lowest BCUT2D eigenvalue weighted by molar-refractivity contribution is 0.297. The van der Waals surface area contributed by atoms with E-state index in [0.717, 1.165) is 42.1 Å². The predicted molar refractivity (Wildman–Crippen MR) is 81.9 cm³/mol. The van der Waals surface area contributed by atoms with E-state index < -0.39 is 0 Å². The van der Waals surface area contributed by atoms with Crippen LogP contribution in [0.3, 0.4) is 0 Å². The molecule has 21 heavy (non-hydrogen) atoms. The minimum atomic E-state index is 0.654. The SMILES string of the molecule is CCCNc1nccc(-c2ccc3c(c2)OCCCO3)n1. The molecule has 110 valence electrons. The first kappa shape index (κ1) is 13.7. The number of ether oxygens (including phenoxy) is 2. The molecule has 0 spiro atoms. The Hall–Kier alpha value is -2.30. The van der Waals surface area contributed by atoms with Crippen molar-refractivity contribution in [2.75, 3.05) is 25.1 Å². The van der Waals surface area contributed by atoms with Gasteiger partial charge in [0.2, 0.25) is 5.95 Å². The molecule has 3 rings (SSSR count). The first-order valence-electron chi connectivity index (χ1n) is 7.34. The molecule has 0 unspecified atom stereocenters. The fourth-order valence-corrected chi connectivity index (χ4v) is 2.16. The summed E-state index contributed by atoms with van der Waals surface area (Å²) in [6.07, 6.45) is 3.71. The van der Waals surface area contributed by atoms with Gasteiger partial charge in [0, 0.05) is 24.7 Å². The Morgan fingerprint density at radius 2 is 2.00 bits per heavy atom. The Bertz CT molecular complexity index is 616. The summed E-state index contributed by atoms with van der Waals surface area (Å²) in [7, 11) is 0. The zero-order valence-corrected chi connectivity index (χ0v) is 12.1. The number of hydrogen-bond donors (Lipinski definition) is 1. The van der Waals surface area contributed by atoms with Gasteiger partial charge in [-0.3, -0.25) is 0 Å². The molecule has 1 aliphatic heterocycles. The monoisotopic (exact) mass is 285 g/mol. The van der Waals surface area contributed by atoms with E-state index in [9.17, 15) is 0 Å². The van der Waals surface area contributed by atoms with Crippen molar-refractivity contribution in [1.29, 1.82) is 0 Å². The van der Waals surface area contributed by atoms with E-state index >= 15 is 0 Å². The van der Waals surface area contributed by atoms with Gasteiger partial charge in [0.1, 0.15) is 0 Å². The first-order valence-corrected chi connectivity index (χ1v) is 7.34. The van der Waals surface area contributed by atoms with Gasteiger partial charge in [0.15, 0.2) is 11.5 Å². The number of aromatic nitrogens is 2. The van der Waals surface area contributed by atoms with E-state index in [-0.39, 0.29) is 0 Å². The summed E-state index contributed by atoms with van der Waals surface area (Å²) in [6, 6.07) is 7.82. The van der Waals surface area contributed by atoms with Crippen LogP contribution in [0.4, 0.5) is 5.95 Å². The largest absolute Gasteiger partial charge is 0.490 e. The van der Waals surface area contributed by atoms with Crippen molar-refractivity contribution in [3.8, 4) is 22.8 Å². The average molecular weight is 285 g/mol. The Morgan fingerprint density at radius 3 is 2.86 bits per heavy atom. The third kappa shape index (κ3) is 3.24. The van der Waals surface area contributed by atoms with Gasteiger partial charge in [0.25, 0.3) is 0 Å². The molecule has 0 saturated carbocycles. The molecule has 5 heteroatoms. The summed E-state index contributed by atoms with van der Waals surface area (Å²) < 4.78 is 11.4. The van der Waals surface area contributed by atoms with Gasteiger partial charge in [-0.2, -0.15) is 0 Å². The molecular weight excluding hydrogens is 266 g/mol. The molecule has 0 bridgehead atoms.